The molecule has 0 aliphatic heterocycles. The highest BCUT2D eigenvalue weighted by Gasteiger charge is 2.23. The average molecular weight is 222 g/mol. The molecule has 1 aliphatic rings. The van der Waals surface area contributed by atoms with E-state index in [1.54, 1.807) is 0 Å². The number of hydrogen-bond donors (Lipinski definition) is 2. The fourth-order valence-corrected chi connectivity index (χ4v) is 1.40. The molecule has 0 spiro atoms. The number of anilines is 2. The fraction of sp³-hybridized carbons (Fsp3) is 0.636. The molecule has 16 heavy (non-hydrogen) atoms. The first-order valence-electron chi connectivity index (χ1n) is 5.74. The van der Waals surface area contributed by atoms with Crippen molar-refractivity contribution in [2.45, 2.75) is 39.2 Å². The molecule has 5 nitrogen and oxygen atoms in total. The number of nitrogens with zero attached hydrogens (tertiary/aromatic N) is 2. The molecule has 0 atom stereocenters. The monoisotopic (exact) mass is 222 g/mol. The Morgan fingerprint density at radius 1 is 1.44 bits per heavy atom. The van der Waals surface area contributed by atoms with Crippen LogP contribution in [0.5, 0.6) is 5.88 Å². The number of aryl methyl sites for hydroxylation is 1. The summed E-state index contributed by atoms with van der Waals surface area (Å²) in [6.45, 7) is 4.52. The Hall–Kier alpha value is -1.52. The van der Waals surface area contributed by atoms with E-state index in [9.17, 15) is 0 Å². The van der Waals surface area contributed by atoms with Gasteiger partial charge in [0.05, 0.1) is 6.61 Å². The predicted octanol–water partition coefficient (Wildman–Crippen LogP) is 1.73. The zero-order valence-electron chi connectivity index (χ0n) is 9.79. The van der Waals surface area contributed by atoms with Gasteiger partial charge >= 0.3 is 0 Å². The smallest absolute Gasteiger partial charge is 0.242 e. The Balaban J connectivity index is 2.18. The van der Waals surface area contributed by atoms with E-state index >= 15 is 0 Å². The van der Waals surface area contributed by atoms with E-state index in [2.05, 4.69) is 15.3 Å². The number of nitrogens with two attached hydrogens (primary N) is 1. The molecular weight excluding hydrogens is 204 g/mol. The molecule has 1 fully saturated rings. The SMILES string of the molecule is CCCOc1nc(C)nc(NC2CC2)c1N. The van der Waals surface area contributed by atoms with Crippen LogP contribution in [0.4, 0.5) is 11.5 Å². The Labute approximate surface area is 95.4 Å². The van der Waals surface area contributed by atoms with Gasteiger partial charge in [-0.1, -0.05) is 6.92 Å². The highest BCUT2D eigenvalue weighted by atomic mass is 16.5. The lowest BCUT2D eigenvalue weighted by molar-refractivity contribution is 0.306. The molecular formula is C11H18N4O. The maximum atomic E-state index is 5.96. The van der Waals surface area contributed by atoms with Crippen molar-refractivity contribution in [3.63, 3.8) is 0 Å². The Kier molecular flexibility index (Phi) is 3.12. The van der Waals surface area contributed by atoms with Gasteiger partial charge in [0, 0.05) is 6.04 Å². The lowest BCUT2D eigenvalue weighted by Gasteiger charge is -2.12. The standard InChI is InChI=1S/C11H18N4O/c1-3-6-16-11-9(12)10(13-7(2)14-11)15-8-4-5-8/h8H,3-6,12H2,1-2H3,(H,13,14,15). The lowest BCUT2D eigenvalue weighted by atomic mass is 10.4. The quantitative estimate of drug-likeness (QED) is 0.793. The molecule has 88 valence electrons. The Morgan fingerprint density at radius 3 is 2.81 bits per heavy atom. The third kappa shape index (κ3) is 2.53. The van der Waals surface area contributed by atoms with Gasteiger partial charge in [-0.05, 0) is 26.2 Å². The van der Waals surface area contributed by atoms with Crippen LogP contribution in [-0.2, 0) is 0 Å². The van der Waals surface area contributed by atoms with Crippen molar-refractivity contribution in [1.29, 1.82) is 0 Å². The van der Waals surface area contributed by atoms with Gasteiger partial charge in [-0.3, -0.25) is 0 Å². The van der Waals surface area contributed by atoms with Gasteiger partial charge in [0.1, 0.15) is 11.5 Å². The maximum Gasteiger partial charge on any atom is 0.242 e. The second-order valence-electron chi connectivity index (χ2n) is 4.11. The predicted molar refractivity (Wildman–Crippen MR) is 63.6 cm³/mol. The number of aromatic nitrogens is 2. The van der Waals surface area contributed by atoms with Crippen molar-refractivity contribution in [2.24, 2.45) is 0 Å². The molecule has 0 radical (unpaired) electrons. The van der Waals surface area contributed by atoms with Crippen molar-refractivity contribution < 1.29 is 4.74 Å². The summed E-state index contributed by atoms with van der Waals surface area (Å²) in [5.74, 6) is 1.89. The van der Waals surface area contributed by atoms with E-state index < -0.39 is 0 Å². The van der Waals surface area contributed by atoms with Crippen LogP contribution in [0.25, 0.3) is 0 Å². The van der Waals surface area contributed by atoms with Gasteiger partial charge in [0.2, 0.25) is 5.88 Å². The number of ether oxygens (including phenoxy) is 1. The first-order chi connectivity index (χ1) is 7.70. The molecule has 0 unspecified atom stereocenters. The summed E-state index contributed by atoms with van der Waals surface area (Å²) >= 11 is 0. The second-order valence-corrected chi connectivity index (χ2v) is 4.11. The molecule has 3 N–H and O–H groups in total. The first kappa shape index (κ1) is 11.0. The van der Waals surface area contributed by atoms with Gasteiger partial charge in [-0.15, -0.1) is 0 Å². The van der Waals surface area contributed by atoms with Crippen LogP contribution in [-0.4, -0.2) is 22.6 Å². The maximum absolute atomic E-state index is 5.96. The lowest BCUT2D eigenvalue weighted by Crippen LogP contribution is -2.11. The van der Waals surface area contributed by atoms with Crippen LogP contribution in [0.15, 0.2) is 0 Å². The summed E-state index contributed by atoms with van der Waals surface area (Å²) in [5, 5.41) is 3.29. The van der Waals surface area contributed by atoms with Gasteiger partial charge < -0.3 is 15.8 Å². The van der Waals surface area contributed by atoms with Gasteiger partial charge in [-0.25, -0.2) is 4.98 Å². The second kappa shape index (κ2) is 4.55. The number of rotatable bonds is 5. The van der Waals surface area contributed by atoms with E-state index in [0.29, 0.717) is 35.9 Å². The third-order valence-corrected chi connectivity index (χ3v) is 2.38. The van der Waals surface area contributed by atoms with Crippen LogP contribution in [0.1, 0.15) is 32.0 Å². The molecule has 1 aromatic rings. The van der Waals surface area contributed by atoms with Crippen LogP contribution < -0.4 is 15.8 Å². The number of nitrogens with one attached hydrogen (secondary N) is 1. The molecule has 0 bridgehead atoms. The van der Waals surface area contributed by atoms with E-state index in [0.717, 1.165) is 6.42 Å². The molecule has 5 heteroatoms. The highest BCUT2D eigenvalue weighted by Crippen LogP contribution is 2.31. The van der Waals surface area contributed by atoms with E-state index in [1.165, 1.54) is 12.8 Å². The van der Waals surface area contributed by atoms with Crippen molar-refractivity contribution in [3.8, 4) is 5.88 Å². The van der Waals surface area contributed by atoms with Crippen molar-refractivity contribution >= 4 is 11.5 Å². The summed E-state index contributed by atoms with van der Waals surface area (Å²) in [4.78, 5) is 8.49. The van der Waals surface area contributed by atoms with Crippen molar-refractivity contribution in [3.05, 3.63) is 5.82 Å². The number of nitrogen functional groups attached to an aromatic ring is 1. The normalized spacial score (nSPS) is 14.9. The highest BCUT2D eigenvalue weighted by molar-refractivity contribution is 5.67. The molecule has 0 amide bonds. The summed E-state index contributed by atoms with van der Waals surface area (Å²) < 4.78 is 5.49. The van der Waals surface area contributed by atoms with Crippen LogP contribution in [0.3, 0.4) is 0 Å². The van der Waals surface area contributed by atoms with Crippen molar-refractivity contribution in [2.75, 3.05) is 17.7 Å². The summed E-state index contributed by atoms with van der Waals surface area (Å²) in [6, 6.07) is 0.524. The largest absolute Gasteiger partial charge is 0.476 e. The van der Waals surface area contributed by atoms with Crippen molar-refractivity contribution in [1.82, 2.24) is 9.97 Å². The fourth-order valence-electron chi connectivity index (χ4n) is 1.40. The molecule has 1 heterocycles. The van der Waals surface area contributed by atoms with E-state index in [4.69, 9.17) is 10.5 Å². The molecule has 0 aromatic carbocycles. The minimum atomic E-state index is 0.498. The zero-order valence-corrected chi connectivity index (χ0v) is 9.79. The van der Waals surface area contributed by atoms with Crippen LogP contribution >= 0.6 is 0 Å². The molecule has 0 saturated heterocycles. The van der Waals surface area contributed by atoms with E-state index in [1.807, 2.05) is 13.8 Å². The Morgan fingerprint density at radius 2 is 2.19 bits per heavy atom. The topological polar surface area (TPSA) is 73.1 Å². The third-order valence-electron chi connectivity index (χ3n) is 2.38. The Bertz CT molecular complexity index is 376. The van der Waals surface area contributed by atoms with E-state index in [-0.39, 0.29) is 0 Å². The minimum absolute atomic E-state index is 0.498. The molecule has 1 aromatic heterocycles. The molecule has 1 saturated carbocycles. The molecule has 1 aliphatic carbocycles. The average Bonchev–Trinajstić information content (AvgIpc) is 3.04. The molecule has 2 rings (SSSR count). The van der Waals surface area contributed by atoms with Crippen LogP contribution in [0.2, 0.25) is 0 Å². The van der Waals surface area contributed by atoms with Gasteiger partial charge in [0.15, 0.2) is 5.82 Å². The summed E-state index contributed by atoms with van der Waals surface area (Å²) in [5.41, 5.74) is 6.48. The minimum Gasteiger partial charge on any atom is -0.476 e. The zero-order chi connectivity index (χ0) is 11.5. The first-order valence-corrected chi connectivity index (χ1v) is 5.74. The number of hydrogen-bond acceptors (Lipinski definition) is 5. The summed E-state index contributed by atoms with van der Waals surface area (Å²) in [6.07, 6.45) is 3.31. The van der Waals surface area contributed by atoms with Gasteiger partial charge in [-0.2, -0.15) is 4.98 Å². The van der Waals surface area contributed by atoms with Gasteiger partial charge in [0.25, 0.3) is 0 Å². The summed E-state index contributed by atoms with van der Waals surface area (Å²) in [7, 11) is 0. The van der Waals surface area contributed by atoms with Crippen LogP contribution in [0, 0.1) is 6.92 Å².